The van der Waals surface area contributed by atoms with Crippen LogP contribution in [0.25, 0.3) is 22.6 Å². The number of nitrogens with zero attached hydrogens (tertiary/aromatic N) is 2. The zero-order valence-electron chi connectivity index (χ0n) is 17.6. The number of aromatic nitrogens is 1. The Labute approximate surface area is 184 Å². The lowest BCUT2D eigenvalue weighted by molar-refractivity contribution is -0.119. The molecule has 32 heavy (non-hydrogen) atoms. The summed E-state index contributed by atoms with van der Waals surface area (Å²) in [6, 6.07) is 12.1. The van der Waals surface area contributed by atoms with Crippen molar-refractivity contribution in [3.8, 4) is 22.6 Å². The van der Waals surface area contributed by atoms with E-state index in [1.807, 2.05) is 18.2 Å². The first-order valence-electron chi connectivity index (χ1n) is 10.6. The molecule has 7 nitrogen and oxygen atoms in total. The van der Waals surface area contributed by atoms with Crippen LogP contribution in [-0.4, -0.2) is 36.4 Å². The first-order chi connectivity index (χ1) is 15.5. The number of rotatable bonds is 4. The van der Waals surface area contributed by atoms with Crippen molar-refractivity contribution in [2.75, 3.05) is 18.0 Å². The van der Waals surface area contributed by atoms with E-state index in [2.05, 4.69) is 10.5 Å². The second kappa shape index (κ2) is 8.11. The molecule has 5 rings (SSSR count). The standard InChI is InChI=1S/C24H22FN3O4/c1-14(29)26-12-19-13-28(24(30)31-19)18-9-10-20-16(11-18)3-2-4-21-22(27-32-23(20)21)15-5-7-17(25)8-6-15/h5-11,19H,2-4,12-13H2,1H3,(H,26,29)/t19-/m0/s1. The molecule has 0 spiro atoms. The first-order valence-corrected chi connectivity index (χ1v) is 10.6. The molecule has 1 aliphatic heterocycles. The number of aryl methyl sites for hydroxylation is 1. The van der Waals surface area contributed by atoms with E-state index < -0.39 is 6.09 Å². The van der Waals surface area contributed by atoms with Crippen molar-refractivity contribution in [3.63, 3.8) is 0 Å². The predicted molar refractivity (Wildman–Crippen MR) is 116 cm³/mol. The lowest BCUT2D eigenvalue weighted by atomic mass is 10.00. The Balaban J connectivity index is 1.43. The highest BCUT2D eigenvalue weighted by Crippen LogP contribution is 2.39. The molecule has 0 radical (unpaired) electrons. The van der Waals surface area contributed by atoms with Crippen molar-refractivity contribution in [3.05, 3.63) is 59.4 Å². The summed E-state index contributed by atoms with van der Waals surface area (Å²) in [4.78, 5) is 25.1. The van der Waals surface area contributed by atoms with Crippen molar-refractivity contribution in [1.82, 2.24) is 10.5 Å². The van der Waals surface area contributed by atoms with Crippen LogP contribution in [0.15, 0.2) is 47.0 Å². The lowest BCUT2D eigenvalue weighted by Crippen LogP contribution is -2.33. The number of anilines is 1. The van der Waals surface area contributed by atoms with Gasteiger partial charge in [0.05, 0.1) is 13.1 Å². The maximum atomic E-state index is 13.3. The summed E-state index contributed by atoms with van der Waals surface area (Å²) < 4.78 is 24.5. The molecule has 1 aromatic heterocycles. The van der Waals surface area contributed by atoms with E-state index >= 15 is 0 Å². The SMILES string of the molecule is CC(=O)NC[C@H]1CN(c2ccc3c(c2)CCCc2c(-c4ccc(F)cc4)noc2-3)C(=O)O1. The number of cyclic esters (lactones) is 1. The number of hydrogen-bond donors (Lipinski definition) is 1. The van der Waals surface area contributed by atoms with Crippen LogP contribution in [0, 0.1) is 5.82 Å². The van der Waals surface area contributed by atoms with E-state index in [1.54, 1.807) is 17.0 Å². The van der Waals surface area contributed by atoms with Gasteiger partial charge in [0.1, 0.15) is 17.6 Å². The van der Waals surface area contributed by atoms with Gasteiger partial charge in [-0.25, -0.2) is 9.18 Å². The molecule has 1 N–H and O–H groups in total. The summed E-state index contributed by atoms with van der Waals surface area (Å²) in [7, 11) is 0. The largest absolute Gasteiger partial charge is 0.442 e. The summed E-state index contributed by atoms with van der Waals surface area (Å²) in [5.74, 6) is 0.268. The molecule has 3 aromatic rings. The summed E-state index contributed by atoms with van der Waals surface area (Å²) in [5.41, 5.74) is 5.34. The summed E-state index contributed by atoms with van der Waals surface area (Å²) in [6.07, 6.45) is 1.71. The number of benzene rings is 2. The summed E-state index contributed by atoms with van der Waals surface area (Å²) in [5, 5.41) is 6.96. The smallest absolute Gasteiger partial charge is 0.414 e. The molecule has 164 valence electrons. The molecule has 0 saturated carbocycles. The fraction of sp³-hybridized carbons (Fsp3) is 0.292. The Hall–Kier alpha value is -3.68. The molecule has 1 saturated heterocycles. The highest BCUT2D eigenvalue weighted by Gasteiger charge is 2.33. The van der Waals surface area contributed by atoms with E-state index in [4.69, 9.17) is 9.26 Å². The number of ether oxygens (including phenoxy) is 1. The van der Waals surface area contributed by atoms with Crippen LogP contribution in [0.3, 0.4) is 0 Å². The number of halogens is 1. The highest BCUT2D eigenvalue weighted by atomic mass is 19.1. The number of amides is 2. The molecular formula is C24H22FN3O4. The van der Waals surface area contributed by atoms with E-state index in [-0.39, 0.29) is 24.4 Å². The first kappa shape index (κ1) is 20.2. The molecule has 1 fully saturated rings. The van der Waals surface area contributed by atoms with Crippen LogP contribution < -0.4 is 10.2 Å². The maximum absolute atomic E-state index is 13.3. The van der Waals surface area contributed by atoms with Crippen LogP contribution in [0.5, 0.6) is 0 Å². The van der Waals surface area contributed by atoms with E-state index in [0.29, 0.717) is 6.54 Å². The van der Waals surface area contributed by atoms with Gasteiger partial charge >= 0.3 is 6.09 Å². The van der Waals surface area contributed by atoms with Gasteiger partial charge in [0.15, 0.2) is 5.76 Å². The van der Waals surface area contributed by atoms with Crippen molar-refractivity contribution in [2.45, 2.75) is 32.3 Å². The van der Waals surface area contributed by atoms with Crippen LogP contribution in [0.1, 0.15) is 24.5 Å². The third-order valence-electron chi connectivity index (χ3n) is 5.88. The maximum Gasteiger partial charge on any atom is 0.414 e. The molecule has 1 atom stereocenters. The van der Waals surface area contributed by atoms with Crippen molar-refractivity contribution in [2.24, 2.45) is 0 Å². The Kier molecular flexibility index (Phi) is 5.13. The highest BCUT2D eigenvalue weighted by molar-refractivity contribution is 5.90. The zero-order chi connectivity index (χ0) is 22.2. The van der Waals surface area contributed by atoms with Gasteiger partial charge < -0.3 is 14.6 Å². The van der Waals surface area contributed by atoms with Gasteiger partial charge in [-0.3, -0.25) is 9.69 Å². The minimum Gasteiger partial charge on any atom is -0.442 e. The second-order valence-electron chi connectivity index (χ2n) is 8.09. The molecule has 8 heteroatoms. The Morgan fingerprint density at radius 1 is 1.22 bits per heavy atom. The molecule has 2 aromatic carbocycles. The van der Waals surface area contributed by atoms with E-state index in [1.165, 1.54) is 19.1 Å². The molecular weight excluding hydrogens is 413 g/mol. The number of hydrogen-bond acceptors (Lipinski definition) is 5. The number of nitrogens with one attached hydrogen (secondary N) is 1. The Bertz CT molecular complexity index is 1190. The third kappa shape index (κ3) is 3.72. The van der Waals surface area contributed by atoms with Gasteiger partial charge in [-0.1, -0.05) is 5.16 Å². The van der Waals surface area contributed by atoms with Crippen molar-refractivity contribution < 1.29 is 23.2 Å². The van der Waals surface area contributed by atoms with Crippen molar-refractivity contribution in [1.29, 1.82) is 0 Å². The lowest BCUT2D eigenvalue weighted by Gasteiger charge is -2.15. The number of carbonyl (C=O) groups excluding carboxylic acids is 2. The van der Waals surface area contributed by atoms with Crippen LogP contribution >= 0.6 is 0 Å². The minimum atomic E-state index is -0.423. The number of fused-ring (bicyclic) bond motifs is 3. The number of carbonyl (C=O) groups is 2. The second-order valence-corrected chi connectivity index (χ2v) is 8.09. The molecule has 1 aliphatic carbocycles. The van der Waals surface area contributed by atoms with Gasteiger partial charge in [0.25, 0.3) is 0 Å². The van der Waals surface area contributed by atoms with Gasteiger partial charge in [-0.15, -0.1) is 0 Å². The van der Waals surface area contributed by atoms with Gasteiger partial charge in [0, 0.05) is 29.3 Å². The fourth-order valence-corrected chi connectivity index (χ4v) is 4.32. The van der Waals surface area contributed by atoms with Crippen LogP contribution in [0.4, 0.5) is 14.9 Å². The average molecular weight is 435 g/mol. The zero-order valence-corrected chi connectivity index (χ0v) is 17.6. The fourth-order valence-electron chi connectivity index (χ4n) is 4.32. The van der Waals surface area contributed by atoms with Crippen LogP contribution in [0.2, 0.25) is 0 Å². The van der Waals surface area contributed by atoms with E-state index in [9.17, 15) is 14.0 Å². The van der Waals surface area contributed by atoms with E-state index in [0.717, 1.165) is 58.7 Å². The molecule has 2 aliphatic rings. The predicted octanol–water partition coefficient (Wildman–Crippen LogP) is 4.10. The molecule has 0 bridgehead atoms. The quantitative estimate of drug-likeness (QED) is 0.667. The monoisotopic (exact) mass is 435 g/mol. The normalized spacial score (nSPS) is 17.4. The third-order valence-corrected chi connectivity index (χ3v) is 5.88. The molecule has 0 unspecified atom stereocenters. The Morgan fingerprint density at radius 2 is 2.03 bits per heavy atom. The minimum absolute atomic E-state index is 0.160. The molecule has 2 heterocycles. The summed E-state index contributed by atoms with van der Waals surface area (Å²) >= 11 is 0. The van der Waals surface area contributed by atoms with Crippen molar-refractivity contribution >= 4 is 17.7 Å². The summed E-state index contributed by atoms with van der Waals surface area (Å²) in [6.45, 7) is 2.09. The van der Waals surface area contributed by atoms with Crippen LogP contribution in [-0.2, 0) is 22.4 Å². The van der Waals surface area contributed by atoms with Gasteiger partial charge in [0.2, 0.25) is 5.91 Å². The average Bonchev–Trinajstić information content (AvgIpc) is 3.31. The topological polar surface area (TPSA) is 84.7 Å². The van der Waals surface area contributed by atoms with Gasteiger partial charge in [-0.05, 0) is 67.3 Å². The molecule has 2 amide bonds. The Morgan fingerprint density at radius 3 is 2.81 bits per heavy atom. The van der Waals surface area contributed by atoms with Gasteiger partial charge in [-0.2, -0.15) is 0 Å².